The minimum absolute atomic E-state index is 0.180. The van der Waals surface area contributed by atoms with Crippen LogP contribution in [-0.4, -0.2) is 33.0 Å². The fraction of sp³-hybridized carbons (Fsp3) is 0.100. The number of rotatable bonds is 3. The van der Waals surface area contributed by atoms with Gasteiger partial charge in [-0.25, -0.2) is 24.7 Å². The highest BCUT2D eigenvalue weighted by Crippen LogP contribution is 2.22. The lowest BCUT2D eigenvalue weighted by Gasteiger charge is -2.00. The van der Waals surface area contributed by atoms with Crippen LogP contribution in [-0.2, 0) is 4.74 Å². The van der Waals surface area contributed by atoms with Gasteiger partial charge in [-0.05, 0) is 17.8 Å². The van der Waals surface area contributed by atoms with E-state index in [1.807, 2.05) is 0 Å². The standard InChI is InChI=1S/C10H8N4O2S/c1-16-10(15)7-4-13-9(5-12-7)17-8-2-3-11-6-14-8/h2-6H,1H3. The van der Waals surface area contributed by atoms with Gasteiger partial charge in [-0.3, -0.25) is 0 Å². The van der Waals surface area contributed by atoms with Gasteiger partial charge in [-0.15, -0.1) is 0 Å². The molecule has 0 fully saturated rings. The molecule has 0 radical (unpaired) electrons. The Bertz CT molecular complexity index is 503. The van der Waals surface area contributed by atoms with Gasteiger partial charge in [-0.1, -0.05) is 0 Å². The van der Waals surface area contributed by atoms with Crippen molar-refractivity contribution in [1.82, 2.24) is 19.9 Å². The molecule has 0 aliphatic rings. The van der Waals surface area contributed by atoms with Gasteiger partial charge in [0.25, 0.3) is 0 Å². The van der Waals surface area contributed by atoms with E-state index >= 15 is 0 Å². The molecule has 0 aliphatic carbocycles. The van der Waals surface area contributed by atoms with Crippen LogP contribution in [0.4, 0.5) is 0 Å². The Labute approximate surface area is 101 Å². The van der Waals surface area contributed by atoms with Crippen LogP contribution in [0.3, 0.4) is 0 Å². The Hall–Kier alpha value is -2.02. The lowest BCUT2D eigenvalue weighted by atomic mass is 10.5. The van der Waals surface area contributed by atoms with Gasteiger partial charge in [0.1, 0.15) is 16.4 Å². The molecule has 2 aromatic heterocycles. The molecule has 2 rings (SSSR count). The molecule has 7 heteroatoms. The summed E-state index contributed by atoms with van der Waals surface area (Å²) < 4.78 is 4.53. The van der Waals surface area contributed by atoms with Crippen molar-refractivity contribution in [1.29, 1.82) is 0 Å². The number of hydrogen-bond acceptors (Lipinski definition) is 7. The Kier molecular flexibility index (Phi) is 3.61. The maximum Gasteiger partial charge on any atom is 0.358 e. The van der Waals surface area contributed by atoms with Crippen LogP contribution in [0.25, 0.3) is 0 Å². The van der Waals surface area contributed by atoms with Gasteiger partial charge >= 0.3 is 5.97 Å². The van der Waals surface area contributed by atoms with Crippen molar-refractivity contribution >= 4 is 17.7 Å². The van der Waals surface area contributed by atoms with Gasteiger partial charge in [-0.2, -0.15) is 0 Å². The normalized spacial score (nSPS) is 9.94. The molecule has 0 unspecified atom stereocenters. The first-order valence-electron chi connectivity index (χ1n) is 4.64. The van der Waals surface area contributed by atoms with Gasteiger partial charge in [0.05, 0.1) is 19.5 Å². The van der Waals surface area contributed by atoms with Crippen LogP contribution in [0.1, 0.15) is 10.5 Å². The molecular formula is C10H8N4O2S. The van der Waals surface area contributed by atoms with Crippen molar-refractivity contribution in [3.8, 4) is 0 Å². The average Bonchev–Trinajstić information content (AvgIpc) is 2.40. The van der Waals surface area contributed by atoms with Crippen LogP contribution >= 0.6 is 11.8 Å². The molecule has 2 aromatic rings. The van der Waals surface area contributed by atoms with E-state index in [2.05, 4.69) is 24.7 Å². The third kappa shape index (κ3) is 2.97. The number of carbonyl (C=O) groups excluding carboxylic acids is 1. The Morgan fingerprint density at radius 1 is 1.24 bits per heavy atom. The lowest BCUT2D eigenvalue weighted by Crippen LogP contribution is -2.04. The number of aromatic nitrogens is 4. The van der Waals surface area contributed by atoms with E-state index in [1.54, 1.807) is 12.3 Å². The highest BCUT2D eigenvalue weighted by atomic mass is 32.2. The fourth-order valence-corrected chi connectivity index (χ4v) is 1.68. The maximum absolute atomic E-state index is 11.1. The van der Waals surface area contributed by atoms with Crippen molar-refractivity contribution in [3.63, 3.8) is 0 Å². The Balaban J connectivity index is 2.11. The van der Waals surface area contributed by atoms with Crippen LogP contribution in [0.15, 0.2) is 41.0 Å². The van der Waals surface area contributed by atoms with E-state index in [1.165, 1.54) is 37.6 Å². The zero-order chi connectivity index (χ0) is 12.1. The number of nitrogens with zero attached hydrogens (tertiary/aromatic N) is 4. The molecular weight excluding hydrogens is 240 g/mol. The summed E-state index contributed by atoms with van der Waals surface area (Å²) in [7, 11) is 1.30. The topological polar surface area (TPSA) is 77.9 Å². The van der Waals surface area contributed by atoms with Crippen molar-refractivity contribution in [2.75, 3.05) is 7.11 Å². The maximum atomic E-state index is 11.1. The van der Waals surface area contributed by atoms with Crippen molar-refractivity contribution < 1.29 is 9.53 Å². The molecule has 0 aliphatic heterocycles. The predicted octanol–water partition coefficient (Wildman–Crippen LogP) is 1.20. The molecule has 86 valence electrons. The largest absolute Gasteiger partial charge is 0.464 e. The first kappa shape index (κ1) is 11.5. The molecule has 0 atom stereocenters. The molecule has 0 saturated heterocycles. The van der Waals surface area contributed by atoms with E-state index in [-0.39, 0.29) is 5.69 Å². The fourth-order valence-electron chi connectivity index (χ4n) is 1.02. The third-order valence-corrected chi connectivity index (χ3v) is 2.66. The van der Waals surface area contributed by atoms with E-state index in [0.29, 0.717) is 5.03 Å². The van der Waals surface area contributed by atoms with Crippen LogP contribution in [0.2, 0.25) is 0 Å². The third-order valence-electron chi connectivity index (χ3n) is 1.79. The average molecular weight is 248 g/mol. The smallest absolute Gasteiger partial charge is 0.358 e. The zero-order valence-electron chi connectivity index (χ0n) is 8.90. The summed E-state index contributed by atoms with van der Waals surface area (Å²) >= 11 is 1.34. The Morgan fingerprint density at radius 2 is 2.12 bits per heavy atom. The highest BCUT2D eigenvalue weighted by molar-refractivity contribution is 7.99. The first-order valence-corrected chi connectivity index (χ1v) is 5.45. The Morgan fingerprint density at radius 3 is 2.71 bits per heavy atom. The van der Waals surface area contributed by atoms with E-state index in [4.69, 9.17) is 0 Å². The van der Waals surface area contributed by atoms with Crippen molar-refractivity contribution in [3.05, 3.63) is 36.7 Å². The quantitative estimate of drug-likeness (QED) is 0.596. The molecule has 0 bridgehead atoms. The summed E-state index contributed by atoms with van der Waals surface area (Å²) in [4.78, 5) is 27.0. The van der Waals surface area contributed by atoms with Crippen LogP contribution < -0.4 is 0 Å². The second-order valence-electron chi connectivity index (χ2n) is 2.88. The number of hydrogen-bond donors (Lipinski definition) is 0. The van der Waals surface area contributed by atoms with E-state index in [0.717, 1.165) is 5.03 Å². The van der Waals surface area contributed by atoms with Gasteiger partial charge in [0.15, 0.2) is 5.69 Å². The number of esters is 1. The van der Waals surface area contributed by atoms with Gasteiger partial charge in [0.2, 0.25) is 0 Å². The molecule has 0 saturated carbocycles. The molecule has 0 N–H and O–H groups in total. The lowest BCUT2D eigenvalue weighted by molar-refractivity contribution is 0.0593. The molecule has 0 aromatic carbocycles. The SMILES string of the molecule is COC(=O)c1cnc(Sc2ccncn2)cn1. The summed E-state index contributed by atoms with van der Waals surface area (Å²) in [6.45, 7) is 0. The van der Waals surface area contributed by atoms with E-state index < -0.39 is 5.97 Å². The van der Waals surface area contributed by atoms with E-state index in [9.17, 15) is 4.79 Å². The molecule has 0 spiro atoms. The number of methoxy groups -OCH3 is 1. The molecule has 6 nitrogen and oxygen atoms in total. The minimum atomic E-state index is -0.504. The summed E-state index contributed by atoms with van der Waals surface area (Å²) in [5, 5.41) is 1.41. The number of ether oxygens (including phenoxy) is 1. The highest BCUT2D eigenvalue weighted by Gasteiger charge is 2.08. The summed E-state index contributed by atoms with van der Waals surface area (Å²) in [5.41, 5.74) is 0.180. The predicted molar refractivity (Wildman–Crippen MR) is 59.5 cm³/mol. The van der Waals surface area contributed by atoms with Crippen molar-refractivity contribution in [2.24, 2.45) is 0 Å². The molecule has 2 heterocycles. The number of carbonyl (C=O) groups is 1. The van der Waals surface area contributed by atoms with Gasteiger partial charge in [0, 0.05) is 6.20 Å². The molecule has 0 amide bonds. The summed E-state index contributed by atoms with van der Waals surface area (Å²) in [6.07, 6.45) is 5.97. The van der Waals surface area contributed by atoms with Crippen LogP contribution in [0, 0.1) is 0 Å². The molecule has 17 heavy (non-hydrogen) atoms. The van der Waals surface area contributed by atoms with Crippen molar-refractivity contribution in [2.45, 2.75) is 10.1 Å². The first-order chi connectivity index (χ1) is 8.29. The van der Waals surface area contributed by atoms with Crippen LogP contribution in [0.5, 0.6) is 0 Å². The summed E-state index contributed by atoms with van der Waals surface area (Å²) in [5.74, 6) is -0.504. The summed E-state index contributed by atoms with van der Waals surface area (Å²) in [6, 6.07) is 1.76. The second-order valence-corrected chi connectivity index (χ2v) is 3.92. The second kappa shape index (κ2) is 5.35. The minimum Gasteiger partial charge on any atom is -0.464 e. The zero-order valence-corrected chi connectivity index (χ0v) is 9.72. The van der Waals surface area contributed by atoms with Gasteiger partial charge < -0.3 is 4.74 Å². The monoisotopic (exact) mass is 248 g/mol.